The number of thiazole rings is 1. The van der Waals surface area contributed by atoms with Crippen LogP contribution in [0.25, 0.3) is 10.9 Å². The van der Waals surface area contributed by atoms with E-state index in [1.165, 1.54) is 6.42 Å². The number of fused-ring (bicyclic) bond motifs is 1. The molecule has 2 N–H and O–H groups in total. The Morgan fingerprint density at radius 1 is 1.33 bits per heavy atom. The van der Waals surface area contributed by atoms with Gasteiger partial charge in [0.25, 0.3) is 5.91 Å². The van der Waals surface area contributed by atoms with E-state index in [2.05, 4.69) is 27.3 Å². The molecule has 1 aromatic carbocycles. The smallest absolute Gasteiger partial charge is 0.252 e. The summed E-state index contributed by atoms with van der Waals surface area (Å²) < 4.78 is 3.37. The van der Waals surface area contributed by atoms with Gasteiger partial charge in [-0.2, -0.15) is 0 Å². The molecule has 0 radical (unpaired) electrons. The molecule has 2 aliphatic carbocycles. The maximum Gasteiger partial charge on any atom is 0.252 e. The molecule has 3 aromatic rings. The summed E-state index contributed by atoms with van der Waals surface area (Å²) in [6, 6.07) is 9.55. The Kier molecular flexibility index (Phi) is 4.09. The number of hydrogen-bond acceptors (Lipinski definition) is 6. The summed E-state index contributed by atoms with van der Waals surface area (Å²) in [5, 5.41) is 7.93. The third-order valence-corrected chi connectivity index (χ3v) is 7.46. The van der Waals surface area contributed by atoms with Gasteiger partial charge < -0.3 is 10.0 Å². The predicted octanol–water partition coefficient (Wildman–Crippen LogP) is 4.58. The second-order valence-electron chi connectivity index (χ2n) is 7.46. The van der Waals surface area contributed by atoms with E-state index in [0.717, 1.165) is 40.5 Å². The lowest BCUT2D eigenvalue weighted by molar-refractivity contribution is 0.0930. The molecule has 2 saturated carbocycles. The van der Waals surface area contributed by atoms with Crippen LogP contribution >= 0.6 is 23.3 Å². The van der Waals surface area contributed by atoms with Gasteiger partial charge in [-0.25, -0.2) is 4.98 Å². The molecule has 0 saturated heterocycles. The first-order chi connectivity index (χ1) is 13.1. The molecule has 2 aliphatic rings. The molecule has 27 heavy (non-hydrogen) atoms. The number of anilines is 1. The zero-order chi connectivity index (χ0) is 18.4. The van der Waals surface area contributed by atoms with Crippen LogP contribution in [0.1, 0.15) is 42.2 Å². The van der Waals surface area contributed by atoms with Crippen molar-refractivity contribution in [3.8, 4) is 0 Å². The van der Waals surface area contributed by atoms with E-state index >= 15 is 0 Å². The lowest BCUT2D eigenvalue weighted by atomic mass is 10.1. The standard InChI is InChI=1S/C20H20N4OS2/c1-12-9-16(12)27-24-19-22-17(11-26-19)20(6-7-20)23-18(25)14-5-4-13-3-2-8-21-15(13)10-14/h2-5,8,10-12,16H,6-7,9H2,1H3,(H,22,24)(H,23,25). The fourth-order valence-corrected chi connectivity index (χ4v) is 5.11. The Bertz CT molecular complexity index is 1010. The van der Waals surface area contributed by atoms with E-state index in [-0.39, 0.29) is 11.4 Å². The summed E-state index contributed by atoms with van der Waals surface area (Å²) in [6.07, 6.45) is 4.88. The summed E-state index contributed by atoms with van der Waals surface area (Å²) in [7, 11) is 0. The lowest BCUT2D eigenvalue weighted by Gasteiger charge is -2.15. The number of pyridine rings is 1. The molecule has 138 valence electrons. The molecule has 0 bridgehead atoms. The van der Waals surface area contributed by atoms with Gasteiger partial charge in [0.1, 0.15) is 0 Å². The average molecular weight is 397 g/mol. The third-order valence-electron chi connectivity index (χ3n) is 5.30. The highest BCUT2D eigenvalue weighted by Crippen LogP contribution is 2.47. The van der Waals surface area contributed by atoms with Crippen molar-refractivity contribution < 1.29 is 4.79 Å². The minimum absolute atomic E-state index is 0.0660. The highest BCUT2D eigenvalue weighted by Gasteiger charge is 2.48. The quantitative estimate of drug-likeness (QED) is 0.597. The molecule has 2 fully saturated rings. The van der Waals surface area contributed by atoms with Gasteiger partial charge in [0, 0.05) is 27.8 Å². The Hall–Kier alpha value is -2.12. The molecular formula is C20H20N4OS2. The van der Waals surface area contributed by atoms with Crippen LogP contribution in [0.3, 0.4) is 0 Å². The van der Waals surface area contributed by atoms with Gasteiger partial charge in [0.05, 0.1) is 16.7 Å². The van der Waals surface area contributed by atoms with Gasteiger partial charge in [-0.3, -0.25) is 9.78 Å². The third kappa shape index (κ3) is 3.41. The first kappa shape index (κ1) is 17.0. The van der Waals surface area contributed by atoms with Crippen molar-refractivity contribution in [2.75, 3.05) is 4.72 Å². The number of nitrogens with one attached hydrogen (secondary N) is 2. The van der Waals surface area contributed by atoms with Gasteiger partial charge in [-0.15, -0.1) is 11.3 Å². The second-order valence-corrected chi connectivity index (χ2v) is 9.36. The SMILES string of the molecule is CC1CC1SNc1nc(C2(NC(=O)c3ccc4cccnc4c3)CC2)cs1. The summed E-state index contributed by atoms with van der Waals surface area (Å²) in [4.78, 5) is 21.9. The van der Waals surface area contributed by atoms with Crippen LogP contribution in [0.5, 0.6) is 0 Å². The Morgan fingerprint density at radius 3 is 2.96 bits per heavy atom. The summed E-state index contributed by atoms with van der Waals surface area (Å²) in [5.74, 6) is 0.733. The first-order valence-corrected chi connectivity index (χ1v) is 10.9. The minimum Gasteiger partial charge on any atom is -0.341 e. The van der Waals surface area contributed by atoms with Crippen molar-refractivity contribution >= 4 is 45.2 Å². The van der Waals surface area contributed by atoms with E-state index in [1.807, 2.05) is 30.3 Å². The Labute approximate surface area is 166 Å². The number of hydrogen-bond donors (Lipinski definition) is 2. The van der Waals surface area contributed by atoms with Gasteiger partial charge in [-0.1, -0.05) is 19.1 Å². The first-order valence-electron chi connectivity index (χ1n) is 9.18. The largest absolute Gasteiger partial charge is 0.341 e. The van der Waals surface area contributed by atoms with Gasteiger partial charge in [-0.05, 0) is 55.3 Å². The van der Waals surface area contributed by atoms with Crippen LogP contribution in [0, 0.1) is 5.92 Å². The van der Waals surface area contributed by atoms with Gasteiger partial charge in [0.15, 0.2) is 5.13 Å². The predicted molar refractivity (Wildman–Crippen MR) is 111 cm³/mol. The van der Waals surface area contributed by atoms with Crippen LogP contribution in [0.2, 0.25) is 0 Å². The van der Waals surface area contributed by atoms with Crippen molar-refractivity contribution in [1.82, 2.24) is 15.3 Å². The van der Waals surface area contributed by atoms with Crippen molar-refractivity contribution in [1.29, 1.82) is 0 Å². The van der Waals surface area contributed by atoms with Crippen LogP contribution in [0.4, 0.5) is 5.13 Å². The molecule has 5 rings (SSSR count). The number of carbonyl (C=O) groups excluding carboxylic acids is 1. The van der Waals surface area contributed by atoms with Crippen LogP contribution in [-0.2, 0) is 5.54 Å². The highest BCUT2D eigenvalue weighted by molar-refractivity contribution is 8.01. The summed E-state index contributed by atoms with van der Waals surface area (Å²) in [6.45, 7) is 2.27. The number of benzene rings is 1. The monoisotopic (exact) mass is 396 g/mol. The van der Waals surface area contributed by atoms with Crippen LogP contribution < -0.4 is 10.0 Å². The average Bonchev–Trinajstić information content (AvgIpc) is 3.57. The molecule has 5 nitrogen and oxygen atoms in total. The van der Waals surface area contributed by atoms with Crippen molar-refractivity contribution in [2.45, 2.75) is 37.0 Å². The van der Waals surface area contributed by atoms with Gasteiger partial charge >= 0.3 is 0 Å². The Balaban J connectivity index is 1.29. The maximum atomic E-state index is 12.8. The molecule has 0 spiro atoms. The van der Waals surface area contributed by atoms with Crippen LogP contribution in [0.15, 0.2) is 41.9 Å². The van der Waals surface area contributed by atoms with E-state index < -0.39 is 0 Å². The number of rotatable bonds is 6. The Morgan fingerprint density at radius 2 is 2.19 bits per heavy atom. The number of amides is 1. The fraction of sp³-hybridized carbons (Fsp3) is 0.350. The minimum atomic E-state index is -0.315. The van der Waals surface area contributed by atoms with Crippen molar-refractivity contribution in [3.05, 3.63) is 53.2 Å². The zero-order valence-corrected chi connectivity index (χ0v) is 16.6. The fourth-order valence-electron chi connectivity index (χ4n) is 3.19. The van der Waals surface area contributed by atoms with Crippen molar-refractivity contribution in [2.24, 2.45) is 5.92 Å². The zero-order valence-electron chi connectivity index (χ0n) is 14.9. The molecule has 0 aliphatic heterocycles. The molecule has 1 amide bonds. The number of carbonyl (C=O) groups is 1. The molecule has 2 aromatic heterocycles. The second kappa shape index (κ2) is 6.49. The summed E-state index contributed by atoms with van der Waals surface area (Å²) in [5.41, 5.74) is 2.12. The van der Waals surface area contributed by atoms with Crippen molar-refractivity contribution in [3.63, 3.8) is 0 Å². The lowest BCUT2D eigenvalue weighted by Crippen LogP contribution is -2.35. The number of nitrogens with zero attached hydrogens (tertiary/aromatic N) is 2. The van der Waals surface area contributed by atoms with E-state index in [9.17, 15) is 4.79 Å². The maximum absolute atomic E-state index is 12.8. The highest BCUT2D eigenvalue weighted by atomic mass is 32.2. The molecule has 2 atom stereocenters. The van der Waals surface area contributed by atoms with Crippen LogP contribution in [-0.4, -0.2) is 21.1 Å². The normalized spacial score (nSPS) is 22.4. The van der Waals surface area contributed by atoms with E-state index in [4.69, 9.17) is 4.98 Å². The molecule has 2 unspecified atom stereocenters. The summed E-state index contributed by atoms with van der Waals surface area (Å²) >= 11 is 3.37. The molecular weight excluding hydrogens is 376 g/mol. The van der Waals surface area contributed by atoms with Gasteiger partial charge in [0.2, 0.25) is 0 Å². The topological polar surface area (TPSA) is 66.9 Å². The number of aromatic nitrogens is 2. The molecule has 2 heterocycles. The molecule has 7 heteroatoms. The van der Waals surface area contributed by atoms with E-state index in [0.29, 0.717) is 10.8 Å². The van der Waals surface area contributed by atoms with E-state index in [1.54, 1.807) is 29.5 Å².